The average molecular weight is 460 g/mol. The monoisotopic (exact) mass is 460 g/mol. The molecule has 0 radical (unpaired) electrons. The van der Waals surface area contributed by atoms with Crippen molar-refractivity contribution >= 4 is 18.0 Å². The van der Waals surface area contributed by atoms with Gasteiger partial charge in [-0.1, -0.05) is 41.5 Å². The molecule has 3 N–H and O–H groups in total. The lowest BCUT2D eigenvalue weighted by molar-refractivity contribution is -0.211. The number of Topliss-reactive ketones (excluding diaryl/α,β-unsaturated/α-hetero) is 1. The van der Waals surface area contributed by atoms with Crippen LogP contribution < -0.4 is 0 Å². The molecule has 6 nitrogen and oxygen atoms in total. The number of carboxylic acid groups (broad SMARTS) is 1. The van der Waals surface area contributed by atoms with Crippen LogP contribution in [0.5, 0.6) is 0 Å². The van der Waals surface area contributed by atoms with Crippen LogP contribution in [0.25, 0.3) is 0 Å². The number of aldehydes is 1. The number of aliphatic carboxylic acids is 1. The Labute approximate surface area is 169 Å². The number of halogens is 7. The summed E-state index contributed by atoms with van der Waals surface area (Å²) in [6, 6.07) is 0. The minimum Gasteiger partial charge on any atom is -0.477 e. The number of carbonyl (C=O) groups is 3. The number of carboxylic acids is 1. The molecule has 2 atom stereocenters. The van der Waals surface area contributed by atoms with E-state index in [2.05, 4.69) is 0 Å². The summed E-state index contributed by atoms with van der Waals surface area (Å²) in [4.78, 5) is 29.6. The summed E-state index contributed by atoms with van der Waals surface area (Å²) in [5.74, 6) is -16.1. The van der Waals surface area contributed by atoms with Crippen LogP contribution >= 0.6 is 0 Å². The lowest BCUT2D eigenvalue weighted by Gasteiger charge is -2.24. The molecule has 180 valence electrons. The third-order valence-corrected chi connectivity index (χ3v) is 3.12. The minimum absolute atomic E-state index is 0.204. The summed E-state index contributed by atoms with van der Waals surface area (Å²) in [7, 11) is 0. The maximum atomic E-state index is 12.6. The van der Waals surface area contributed by atoms with Crippen molar-refractivity contribution in [3.63, 3.8) is 0 Å². The van der Waals surface area contributed by atoms with Gasteiger partial charge in [0.1, 0.15) is 18.5 Å². The first-order valence-corrected chi connectivity index (χ1v) is 8.50. The van der Waals surface area contributed by atoms with Gasteiger partial charge in [-0.25, -0.2) is 4.79 Å². The fourth-order valence-corrected chi connectivity index (χ4v) is 1.29. The largest absolute Gasteiger partial charge is 0.477 e. The summed E-state index contributed by atoms with van der Waals surface area (Å²) in [5, 5.41) is 25.4. The van der Waals surface area contributed by atoms with Gasteiger partial charge in [-0.05, 0) is 11.8 Å². The molecule has 0 aliphatic carbocycles. The van der Waals surface area contributed by atoms with Crippen molar-refractivity contribution in [2.24, 2.45) is 17.8 Å². The summed E-state index contributed by atoms with van der Waals surface area (Å²) in [6.07, 6.45) is -9.48. The lowest BCUT2D eigenvalue weighted by atomic mass is 9.98. The Morgan fingerprint density at radius 1 is 0.733 bits per heavy atom. The Hall–Kier alpha value is -1.76. The van der Waals surface area contributed by atoms with Gasteiger partial charge in [-0.15, -0.1) is 0 Å². The number of hydrogen-bond donors (Lipinski definition) is 3. The van der Waals surface area contributed by atoms with Gasteiger partial charge in [0.05, 0.1) is 0 Å². The smallest absolute Gasteiger partial charge is 0.456 e. The van der Waals surface area contributed by atoms with Crippen LogP contribution in [-0.2, 0) is 14.4 Å². The van der Waals surface area contributed by atoms with Crippen LogP contribution in [0.4, 0.5) is 30.7 Å². The molecule has 0 spiro atoms. The molecule has 2 unspecified atom stereocenters. The molecule has 0 heterocycles. The molecule has 0 amide bonds. The Bertz CT molecular complexity index is 545. The third-order valence-electron chi connectivity index (χ3n) is 3.12. The number of hydrogen-bond acceptors (Lipinski definition) is 5. The van der Waals surface area contributed by atoms with E-state index in [0.29, 0.717) is 0 Å². The van der Waals surface area contributed by atoms with Crippen molar-refractivity contribution in [3.8, 4) is 0 Å². The van der Waals surface area contributed by atoms with E-state index < -0.39 is 53.8 Å². The summed E-state index contributed by atoms with van der Waals surface area (Å²) in [5.41, 5.74) is 0. The predicted octanol–water partition coefficient (Wildman–Crippen LogP) is 3.33. The van der Waals surface area contributed by atoms with E-state index in [1.54, 1.807) is 0 Å². The van der Waals surface area contributed by atoms with Crippen LogP contribution in [0.3, 0.4) is 0 Å². The van der Waals surface area contributed by atoms with Crippen molar-refractivity contribution in [2.75, 3.05) is 0 Å². The molecular formula is C17H27F7O6. The molecule has 0 fully saturated rings. The van der Waals surface area contributed by atoms with Crippen molar-refractivity contribution < 1.29 is 60.4 Å². The van der Waals surface area contributed by atoms with Crippen LogP contribution in [-0.4, -0.2) is 63.6 Å². The Morgan fingerprint density at radius 3 is 1.13 bits per heavy atom. The molecule has 13 heteroatoms. The number of aliphatic hydroxyl groups excluding tert-OH is 2. The van der Waals surface area contributed by atoms with Crippen molar-refractivity contribution in [2.45, 2.75) is 71.8 Å². The van der Waals surface area contributed by atoms with Gasteiger partial charge in [0.15, 0.2) is 0 Å². The Morgan fingerprint density at radius 2 is 1.00 bits per heavy atom. The van der Waals surface area contributed by atoms with E-state index in [1.165, 1.54) is 13.8 Å². The highest BCUT2D eigenvalue weighted by Gasteiger charge is 2.59. The van der Waals surface area contributed by atoms with Crippen molar-refractivity contribution in [1.29, 1.82) is 0 Å². The highest BCUT2D eigenvalue weighted by Crippen LogP contribution is 2.32. The van der Waals surface area contributed by atoms with Crippen LogP contribution in [0, 0.1) is 17.8 Å². The first-order chi connectivity index (χ1) is 13.1. The highest BCUT2D eigenvalue weighted by atomic mass is 19.4. The maximum absolute atomic E-state index is 12.6. The molecule has 0 aromatic rings. The minimum atomic E-state index is -5.64. The summed E-state index contributed by atoms with van der Waals surface area (Å²) < 4.78 is 84.8. The molecule has 0 saturated carbocycles. The molecule has 0 rings (SSSR count). The molecule has 0 aromatic carbocycles. The van der Waals surface area contributed by atoms with Gasteiger partial charge in [0.2, 0.25) is 0 Å². The fraction of sp³-hybridized carbons (Fsp3) is 0.824. The van der Waals surface area contributed by atoms with Crippen LogP contribution in [0.2, 0.25) is 0 Å². The third kappa shape index (κ3) is 11.4. The van der Waals surface area contributed by atoms with E-state index in [-0.39, 0.29) is 5.92 Å². The van der Waals surface area contributed by atoms with Gasteiger partial charge in [-0.3, -0.25) is 4.79 Å². The fourth-order valence-electron chi connectivity index (χ4n) is 1.29. The molecule has 0 saturated heterocycles. The van der Waals surface area contributed by atoms with Gasteiger partial charge in [-0.2, -0.15) is 30.7 Å². The number of aliphatic hydroxyl groups is 2. The number of alkyl halides is 7. The van der Waals surface area contributed by atoms with Crippen molar-refractivity contribution in [3.05, 3.63) is 0 Å². The molecule has 0 aromatic heterocycles. The standard InChI is InChI=1S/C7H9F5O2.C6H10F2O3.C4H8O/c1-3(2)4(13)6(8,9)5(14)7(10,11)12;1-3(2)4(9)6(7,8)5(10)11;1-4(2)3-5/h3-4,13H,1-2H3;3-4,9H,1-2H3,(H,10,11);3-4H,1-2H3. The van der Waals surface area contributed by atoms with Gasteiger partial charge in [0.25, 0.3) is 0 Å². The van der Waals surface area contributed by atoms with Gasteiger partial charge >= 0.3 is 29.8 Å². The van der Waals surface area contributed by atoms with Crippen LogP contribution in [0.1, 0.15) is 41.5 Å². The maximum Gasteiger partial charge on any atom is 0.456 e. The van der Waals surface area contributed by atoms with E-state index in [9.17, 15) is 45.1 Å². The zero-order chi connectivity index (χ0) is 25.2. The normalized spacial score (nSPS) is 14.3. The van der Waals surface area contributed by atoms with E-state index in [4.69, 9.17) is 15.3 Å². The summed E-state index contributed by atoms with van der Waals surface area (Å²) in [6.45, 7) is 8.52. The van der Waals surface area contributed by atoms with E-state index in [0.717, 1.165) is 20.1 Å². The molecular weight excluding hydrogens is 433 g/mol. The second kappa shape index (κ2) is 12.8. The topological polar surface area (TPSA) is 112 Å². The zero-order valence-corrected chi connectivity index (χ0v) is 17.2. The molecule has 0 aliphatic rings. The average Bonchev–Trinajstić information content (AvgIpc) is 2.59. The Balaban J connectivity index is -0.000000405. The highest BCUT2D eigenvalue weighted by molar-refractivity contribution is 5.91. The van der Waals surface area contributed by atoms with E-state index in [1.807, 2.05) is 13.8 Å². The molecule has 0 bridgehead atoms. The SMILES string of the molecule is CC(C)C(O)C(F)(F)C(=O)C(F)(F)F.CC(C)C(O)C(F)(F)C(=O)O.CC(C)C=O. The predicted molar refractivity (Wildman–Crippen MR) is 91.2 cm³/mol. The molecule has 0 aliphatic heterocycles. The number of carbonyl (C=O) groups excluding carboxylic acids is 2. The first kappa shape index (κ1) is 32.9. The Kier molecular flexibility index (Phi) is 14.1. The van der Waals surface area contributed by atoms with E-state index >= 15 is 0 Å². The molecule has 30 heavy (non-hydrogen) atoms. The zero-order valence-electron chi connectivity index (χ0n) is 17.2. The van der Waals surface area contributed by atoms with Gasteiger partial charge < -0.3 is 20.1 Å². The second-order valence-corrected chi connectivity index (χ2v) is 7.14. The first-order valence-electron chi connectivity index (χ1n) is 8.50. The number of rotatable bonds is 7. The van der Waals surface area contributed by atoms with Crippen LogP contribution in [0.15, 0.2) is 0 Å². The van der Waals surface area contributed by atoms with Crippen molar-refractivity contribution in [1.82, 2.24) is 0 Å². The second-order valence-electron chi connectivity index (χ2n) is 7.14. The van der Waals surface area contributed by atoms with Gasteiger partial charge in [0, 0.05) is 5.92 Å². The quantitative estimate of drug-likeness (QED) is 0.397. The number of ketones is 1. The lowest BCUT2D eigenvalue weighted by Crippen LogP contribution is -2.50. The summed E-state index contributed by atoms with van der Waals surface area (Å²) >= 11 is 0.